The van der Waals surface area contributed by atoms with Crippen LogP contribution in [0.5, 0.6) is 0 Å². The van der Waals surface area contributed by atoms with Crippen LogP contribution in [-0.4, -0.2) is 35.6 Å². The second kappa shape index (κ2) is 4.49. The smallest absolute Gasteiger partial charge is 0.0309 e. The number of piperazine rings is 1. The summed E-state index contributed by atoms with van der Waals surface area (Å²) in [4.78, 5) is 2.73. The standard InChI is InChI=1S/C16H32N2/c1-14(2,3)11-15(4,5)18-10-9-17-16(6,12-18)13-7-8-13/h13,17H,7-12H2,1-6H3. The van der Waals surface area contributed by atoms with Gasteiger partial charge < -0.3 is 5.32 Å². The van der Waals surface area contributed by atoms with Crippen molar-refractivity contribution in [3.05, 3.63) is 0 Å². The van der Waals surface area contributed by atoms with Gasteiger partial charge in [0.15, 0.2) is 0 Å². The van der Waals surface area contributed by atoms with Crippen LogP contribution >= 0.6 is 0 Å². The van der Waals surface area contributed by atoms with Crippen molar-refractivity contribution in [2.24, 2.45) is 11.3 Å². The monoisotopic (exact) mass is 252 g/mol. The van der Waals surface area contributed by atoms with Gasteiger partial charge in [-0.3, -0.25) is 4.90 Å². The molecule has 2 heteroatoms. The van der Waals surface area contributed by atoms with Crippen molar-refractivity contribution in [2.45, 2.75) is 71.9 Å². The second-order valence-corrected chi connectivity index (χ2v) is 8.59. The summed E-state index contributed by atoms with van der Waals surface area (Å²) in [6.07, 6.45) is 4.12. The largest absolute Gasteiger partial charge is 0.309 e. The average Bonchev–Trinajstić information content (AvgIpc) is 2.96. The van der Waals surface area contributed by atoms with Gasteiger partial charge in [0, 0.05) is 30.7 Å². The summed E-state index contributed by atoms with van der Waals surface area (Å²) in [6, 6.07) is 0. The van der Waals surface area contributed by atoms with Gasteiger partial charge >= 0.3 is 0 Å². The topological polar surface area (TPSA) is 15.3 Å². The Balaban J connectivity index is 2.03. The lowest BCUT2D eigenvalue weighted by Crippen LogP contribution is -2.64. The van der Waals surface area contributed by atoms with Crippen molar-refractivity contribution in [2.75, 3.05) is 19.6 Å². The molecule has 0 spiro atoms. The van der Waals surface area contributed by atoms with Crippen molar-refractivity contribution in [3.8, 4) is 0 Å². The Bertz CT molecular complexity index is 299. The van der Waals surface area contributed by atoms with Crippen LogP contribution in [0.4, 0.5) is 0 Å². The molecule has 1 heterocycles. The first-order valence-electron chi connectivity index (χ1n) is 7.63. The van der Waals surface area contributed by atoms with Crippen LogP contribution in [0.15, 0.2) is 0 Å². The van der Waals surface area contributed by atoms with E-state index in [-0.39, 0.29) is 0 Å². The maximum atomic E-state index is 3.78. The van der Waals surface area contributed by atoms with Gasteiger partial charge in [0.25, 0.3) is 0 Å². The van der Waals surface area contributed by atoms with E-state index in [9.17, 15) is 0 Å². The van der Waals surface area contributed by atoms with Crippen LogP contribution in [-0.2, 0) is 0 Å². The van der Waals surface area contributed by atoms with E-state index in [0.717, 1.165) is 12.5 Å². The highest BCUT2D eigenvalue weighted by atomic mass is 15.3. The van der Waals surface area contributed by atoms with Crippen molar-refractivity contribution in [3.63, 3.8) is 0 Å². The molecule has 106 valence electrons. The quantitative estimate of drug-likeness (QED) is 0.829. The number of nitrogens with zero attached hydrogens (tertiary/aromatic N) is 1. The molecule has 0 aromatic heterocycles. The molecule has 0 radical (unpaired) electrons. The molecule has 1 atom stereocenters. The highest BCUT2D eigenvalue weighted by Crippen LogP contribution is 2.42. The third kappa shape index (κ3) is 3.27. The molecule has 2 nitrogen and oxygen atoms in total. The molecule has 1 saturated heterocycles. The summed E-state index contributed by atoms with van der Waals surface area (Å²) in [5.74, 6) is 0.922. The fourth-order valence-corrected chi connectivity index (χ4v) is 3.93. The van der Waals surface area contributed by atoms with E-state index in [4.69, 9.17) is 0 Å². The Labute approximate surface area is 114 Å². The van der Waals surface area contributed by atoms with E-state index in [2.05, 4.69) is 51.8 Å². The van der Waals surface area contributed by atoms with Gasteiger partial charge in [-0.2, -0.15) is 0 Å². The molecule has 0 aromatic carbocycles. The summed E-state index contributed by atoms with van der Waals surface area (Å²) in [7, 11) is 0. The van der Waals surface area contributed by atoms with Gasteiger partial charge in [0.1, 0.15) is 0 Å². The predicted octanol–water partition coefficient (Wildman–Crippen LogP) is 3.28. The van der Waals surface area contributed by atoms with Crippen molar-refractivity contribution >= 4 is 0 Å². The van der Waals surface area contributed by atoms with Crippen LogP contribution < -0.4 is 5.32 Å². The summed E-state index contributed by atoms with van der Waals surface area (Å²) < 4.78 is 0. The summed E-state index contributed by atoms with van der Waals surface area (Å²) in [6.45, 7) is 17.9. The summed E-state index contributed by atoms with van der Waals surface area (Å²) in [5, 5.41) is 3.78. The van der Waals surface area contributed by atoms with E-state index >= 15 is 0 Å². The van der Waals surface area contributed by atoms with Crippen LogP contribution in [0.25, 0.3) is 0 Å². The number of hydrogen-bond acceptors (Lipinski definition) is 2. The zero-order valence-electron chi connectivity index (χ0n) is 13.3. The SMILES string of the molecule is CC(C)(C)CC(C)(C)N1CCNC(C)(C2CC2)C1. The van der Waals surface area contributed by atoms with Crippen molar-refractivity contribution < 1.29 is 0 Å². The Hall–Kier alpha value is -0.0800. The Morgan fingerprint density at radius 1 is 1.17 bits per heavy atom. The van der Waals surface area contributed by atoms with Crippen molar-refractivity contribution in [1.82, 2.24) is 10.2 Å². The Morgan fingerprint density at radius 2 is 1.78 bits per heavy atom. The van der Waals surface area contributed by atoms with Gasteiger partial charge in [0.2, 0.25) is 0 Å². The van der Waals surface area contributed by atoms with E-state index in [1.54, 1.807) is 0 Å². The zero-order chi connectivity index (χ0) is 13.6. The Morgan fingerprint density at radius 3 is 2.28 bits per heavy atom. The molecular weight excluding hydrogens is 220 g/mol. The lowest BCUT2D eigenvalue weighted by Gasteiger charge is -2.50. The number of rotatable bonds is 3. The highest BCUT2D eigenvalue weighted by molar-refractivity contribution is 5.04. The molecule has 1 aliphatic heterocycles. The number of hydrogen-bond donors (Lipinski definition) is 1. The minimum atomic E-state index is 0.316. The van der Waals surface area contributed by atoms with Gasteiger partial charge in [-0.1, -0.05) is 20.8 Å². The van der Waals surface area contributed by atoms with Gasteiger partial charge in [-0.25, -0.2) is 0 Å². The highest BCUT2D eigenvalue weighted by Gasteiger charge is 2.46. The zero-order valence-corrected chi connectivity index (χ0v) is 13.3. The molecule has 0 aromatic rings. The van der Waals surface area contributed by atoms with Crippen LogP contribution in [0.3, 0.4) is 0 Å². The molecule has 2 aliphatic rings. The molecule has 1 aliphatic carbocycles. The first kappa shape index (κ1) is 14.3. The second-order valence-electron chi connectivity index (χ2n) is 8.59. The van der Waals surface area contributed by atoms with E-state index in [0.29, 0.717) is 16.5 Å². The van der Waals surface area contributed by atoms with E-state index < -0.39 is 0 Å². The molecule has 1 unspecified atom stereocenters. The van der Waals surface area contributed by atoms with Gasteiger partial charge in [0.05, 0.1) is 0 Å². The molecule has 18 heavy (non-hydrogen) atoms. The molecule has 0 bridgehead atoms. The molecule has 2 rings (SSSR count). The summed E-state index contributed by atoms with van der Waals surface area (Å²) in [5.41, 5.74) is 1.09. The molecule has 0 amide bonds. The fraction of sp³-hybridized carbons (Fsp3) is 1.00. The average molecular weight is 252 g/mol. The van der Waals surface area contributed by atoms with Crippen LogP contribution in [0.1, 0.15) is 60.8 Å². The first-order valence-corrected chi connectivity index (χ1v) is 7.63. The van der Waals surface area contributed by atoms with Crippen LogP contribution in [0.2, 0.25) is 0 Å². The molecule has 2 fully saturated rings. The van der Waals surface area contributed by atoms with Crippen molar-refractivity contribution in [1.29, 1.82) is 0 Å². The third-order valence-corrected chi connectivity index (χ3v) is 4.73. The third-order valence-electron chi connectivity index (χ3n) is 4.73. The van der Waals surface area contributed by atoms with E-state index in [1.807, 2.05) is 0 Å². The minimum absolute atomic E-state index is 0.316. The molecular formula is C16H32N2. The lowest BCUT2D eigenvalue weighted by molar-refractivity contribution is 0.0201. The van der Waals surface area contributed by atoms with E-state index in [1.165, 1.54) is 32.4 Å². The predicted molar refractivity (Wildman–Crippen MR) is 78.9 cm³/mol. The molecule has 1 saturated carbocycles. The number of nitrogens with one attached hydrogen (secondary N) is 1. The minimum Gasteiger partial charge on any atom is -0.309 e. The van der Waals surface area contributed by atoms with Gasteiger partial charge in [-0.15, -0.1) is 0 Å². The van der Waals surface area contributed by atoms with Crippen LogP contribution in [0, 0.1) is 11.3 Å². The lowest BCUT2D eigenvalue weighted by atomic mass is 9.79. The maximum absolute atomic E-state index is 3.78. The maximum Gasteiger partial charge on any atom is 0.0309 e. The Kier molecular flexibility index (Phi) is 3.57. The fourth-order valence-electron chi connectivity index (χ4n) is 3.93. The summed E-state index contributed by atoms with van der Waals surface area (Å²) >= 11 is 0. The van der Waals surface area contributed by atoms with Gasteiger partial charge in [-0.05, 0) is 51.4 Å². The molecule has 1 N–H and O–H groups in total. The first-order chi connectivity index (χ1) is 8.12. The normalized spacial score (nSPS) is 31.7.